The molecule has 0 heterocycles. The molecule has 72 valence electrons. The molecule has 0 fully saturated rings. The summed E-state index contributed by atoms with van der Waals surface area (Å²) in [4.78, 5) is 0. The average Bonchev–Trinajstić information content (AvgIpc) is 2.08. The summed E-state index contributed by atoms with van der Waals surface area (Å²) in [6, 6.07) is 4.07. The van der Waals surface area contributed by atoms with Crippen molar-refractivity contribution < 1.29 is 9.50 Å². The molecule has 4 heteroatoms. The molecule has 1 aromatic carbocycles. The lowest BCUT2D eigenvalue weighted by Crippen LogP contribution is -2.24. The maximum absolute atomic E-state index is 13.0. The highest BCUT2D eigenvalue weighted by Crippen LogP contribution is 2.21. The predicted octanol–water partition coefficient (Wildman–Crippen LogP) is 1.97. The fourth-order valence-corrected chi connectivity index (χ4v) is 1.25. The third-order valence-electron chi connectivity index (χ3n) is 1.78. The summed E-state index contributed by atoms with van der Waals surface area (Å²) in [5.41, 5.74) is 5.97. The van der Waals surface area contributed by atoms with E-state index in [-0.39, 0.29) is 0 Å². The van der Waals surface area contributed by atoms with Crippen LogP contribution in [-0.4, -0.2) is 11.1 Å². The molecule has 2 atom stereocenters. The molecule has 0 aromatic heterocycles. The minimum Gasteiger partial charge on any atom is -0.387 e. The second-order valence-corrected chi connectivity index (χ2v) is 3.83. The first kappa shape index (κ1) is 10.6. The van der Waals surface area contributed by atoms with Gasteiger partial charge in [0, 0.05) is 6.04 Å². The Morgan fingerprint density at radius 1 is 1.54 bits per heavy atom. The molecule has 0 saturated heterocycles. The number of aliphatic hydroxyl groups is 1. The molecule has 0 spiro atoms. The molecule has 0 aliphatic carbocycles. The van der Waals surface area contributed by atoms with Crippen molar-refractivity contribution in [2.45, 2.75) is 19.1 Å². The number of hydrogen-bond acceptors (Lipinski definition) is 2. The fraction of sp³-hybridized carbons (Fsp3) is 0.333. The highest BCUT2D eigenvalue weighted by Gasteiger charge is 2.13. The van der Waals surface area contributed by atoms with E-state index in [1.165, 1.54) is 6.07 Å². The predicted molar refractivity (Wildman–Crippen MR) is 52.7 cm³/mol. The van der Waals surface area contributed by atoms with Crippen LogP contribution in [0.25, 0.3) is 0 Å². The molecule has 2 unspecified atom stereocenters. The lowest BCUT2D eigenvalue weighted by molar-refractivity contribution is 0.153. The van der Waals surface area contributed by atoms with Gasteiger partial charge in [-0.05, 0) is 40.5 Å². The average molecular weight is 248 g/mol. The van der Waals surface area contributed by atoms with E-state index in [2.05, 4.69) is 15.9 Å². The highest BCUT2D eigenvalue weighted by molar-refractivity contribution is 9.10. The topological polar surface area (TPSA) is 46.2 Å². The SMILES string of the molecule is CC(N)C(O)c1ccc(Br)c(F)c1. The zero-order valence-electron chi connectivity index (χ0n) is 7.17. The number of hydrogen-bond donors (Lipinski definition) is 2. The van der Waals surface area contributed by atoms with E-state index < -0.39 is 18.0 Å². The van der Waals surface area contributed by atoms with Crippen LogP contribution in [0.1, 0.15) is 18.6 Å². The smallest absolute Gasteiger partial charge is 0.137 e. The molecule has 1 aromatic rings. The van der Waals surface area contributed by atoms with Crippen molar-refractivity contribution in [2.24, 2.45) is 5.73 Å². The third-order valence-corrected chi connectivity index (χ3v) is 2.43. The van der Waals surface area contributed by atoms with Gasteiger partial charge in [-0.25, -0.2) is 4.39 Å². The van der Waals surface area contributed by atoms with Crippen molar-refractivity contribution in [3.8, 4) is 0 Å². The van der Waals surface area contributed by atoms with Gasteiger partial charge < -0.3 is 10.8 Å². The molecule has 1 rings (SSSR count). The maximum atomic E-state index is 13.0. The standard InChI is InChI=1S/C9H11BrFNO/c1-5(12)9(13)6-2-3-7(10)8(11)4-6/h2-5,9,13H,12H2,1H3. The van der Waals surface area contributed by atoms with Crippen LogP contribution in [0, 0.1) is 5.82 Å². The number of benzene rings is 1. The van der Waals surface area contributed by atoms with Gasteiger partial charge in [0.25, 0.3) is 0 Å². The van der Waals surface area contributed by atoms with Gasteiger partial charge in [0.2, 0.25) is 0 Å². The zero-order chi connectivity index (χ0) is 10.0. The van der Waals surface area contributed by atoms with Crippen LogP contribution in [0.2, 0.25) is 0 Å². The molecular formula is C9H11BrFNO. The minimum absolute atomic E-state index is 0.383. The maximum Gasteiger partial charge on any atom is 0.137 e. The van der Waals surface area contributed by atoms with Crippen LogP contribution >= 0.6 is 15.9 Å². The Labute approximate surface area is 84.7 Å². The Hall–Kier alpha value is -0.450. The van der Waals surface area contributed by atoms with Crippen LogP contribution in [0.5, 0.6) is 0 Å². The summed E-state index contributed by atoms with van der Waals surface area (Å²) in [5.74, 6) is -0.391. The molecular weight excluding hydrogens is 237 g/mol. The molecule has 0 aliphatic heterocycles. The number of rotatable bonds is 2. The van der Waals surface area contributed by atoms with Crippen LogP contribution < -0.4 is 5.73 Å². The van der Waals surface area contributed by atoms with E-state index in [0.29, 0.717) is 10.0 Å². The molecule has 0 amide bonds. The van der Waals surface area contributed by atoms with E-state index in [9.17, 15) is 9.50 Å². The lowest BCUT2D eigenvalue weighted by atomic mass is 10.0. The van der Waals surface area contributed by atoms with Gasteiger partial charge in [-0.15, -0.1) is 0 Å². The number of aliphatic hydroxyl groups excluding tert-OH is 1. The summed E-state index contributed by atoms with van der Waals surface area (Å²) in [5, 5.41) is 9.51. The van der Waals surface area contributed by atoms with E-state index in [1.807, 2.05) is 0 Å². The van der Waals surface area contributed by atoms with E-state index in [0.717, 1.165) is 0 Å². The molecule has 2 nitrogen and oxygen atoms in total. The third kappa shape index (κ3) is 2.49. The van der Waals surface area contributed by atoms with Crippen LogP contribution in [-0.2, 0) is 0 Å². The van der Waals surface area contributed by atoms with Crippen molar-refractivity contribution in [1.29, 1.82) is 0 Å². The minimum atomic E-state index is -0.817. The molecule has 13 heavy (non-hydrogen) atoms. The van der Waals surface area contributed by atoms with Crippen LogP contribution in [0.15, 0.2) is 22.7 Å². The molecule has 0 radical (unpaired) electrons. The van der Waals surface area contributed by atoms with Gasteiger partial charge in [-0.3, -0.25) is 0 Å². The first-order valence-electron chi connectivity index (χ1n) is 3.91. The van der Waals surface area contributed by atoms with Gasteiger partial charge in [0.05, 0.1) is 10.6 Å². The quantitative estimate of drug-likeness (QED) is 0.840. The number of halogens is 2. The van der Waals surface area contributed by atoms with E-state index in [1.54, 1.807) is 19.1 Å². The summed E-state index contributed by atoms with van der Waals surface area (Å²) in [7, 11) is 0. The number of nitrogens with two attached hydrogens (primary N) is 1. The normalized spacial score (nSPS) is 15.5. The second-order valence-electron chi connectivity index (χ2n) is 2.98. The van der Waals surface area contributed by atoms with Crippen molar-refractivity contribution in [3.05, 3.63) is 34.1 Å². The van der Waals surface area contributed by atoms with Crippen molar-refractivity contribution in [2.75, 3.05) is 0 Å². The lowest BCUT2D eigenvalue weighted by Gasteiger charge is -2.14. The first-order valence-corrected chi connectivity index (χ1v) is 4.70. The Morgan fingerprint density at radius 2 is 2.15 bits per heavy atom. The van der Waals surface area contributed by atoms with Crippen molar-refractivity contribution >= 4 is 15.9 Å². The van der Waals surface area contributed by atoms with Gasteiger partial charge in [-0.2, -0.15) is 0 Å². The molecule has 3 N–H and O–H groups in total. The Kier molecular flexibility index (Phi) is 3.41. The van der Waals surface area contributed by atoms with Gasteiger partial charge in [-0.1, -0.05) is 6.07 Å². The van der Waals surface area contributed by atoms with Gasteiger partial charge in [0.15, 0.2) is 0 Å². The molecule has 0 aliphatic rings. The second kappa shape index (κ2) is 4.17. The van der Waals surface area contributed by atoms with Crippen LogP contribution in [0.4, 0.5) is 4.39 Å². The molecule has 0 bridgehead atoms. The Morgan fingerprint density at radius 3 is 2.62 bits per heavy atom. The zero-order valence-corrected chi connectivity index (χ0v) is 8.75. The van der Waals surface area contributed by atoms with Gasteiger partial charge in [0.1, 0.15) is 5.82 Å². The summed E-state index contributed by atoms with van der Waals surface area (Å²) in [6.07, 6.45) is -0.817. The summed E-state index contributed by atoms with van der Waals surface area (Å²) >= 11 is 3.03. The summed E-state index contributed by atoms with van der Waals surface area (Å²) < 4.78 is 13.4. The van der Waals surface area contributed by atoms with E-state index in [4.69, 9.17) is 5.73 Å². The Bertz CT molecular complexity index is 304. The van der Waals surface area contributed by atoms with E-state index >= 15 is 0 Å². The van der Waals surface area contributed by atoms with Crippen molar-refractivity contribution in [1.82, 2.24) is 0 Å². The Balaban J connectivity index is 2.97. The first-order chi connectivity index (χ1) is 6.02. The van der Waals surface area contributed by atoms with Crippen molar-refractivity contribution in [3.63, 3.8) is 0 Å². The van der Waals surface area contributed by atoms with Gasteiger partial charge >= 0.3 is 0 Å². The largest absolute Gasteiger partial charge is 0.387 e. The monoisotopic (exact) mass is 247 g/mol. The molecule has 0 saturated carbocycles. The fourth-order valence-electron chi connectivity index (χ4n) is 1.000. The summed E-state index contributed by atoms with van der Waals surface area (Å²) in [6.45, 7) is 1.67. The highest BCUT2D eigenvalue weighted by atomic mass is 79.9. The van der Waals surface area contributed by atoms with Crippen LogP contribution in [0.3, 0.4) is 0 Å².